The van der Waals surface area contributed by atoms with Gasteiger partial charge in [-0.05, 0) is 34.0 Å². The molecule has 0 amide bonds. The molecule has 0 saturated carbocycles. The number of fused-ring (bicyclic) bond motifs is 1. The normalized spacial score (nSPS) is 12.6. The molecular weight excluding hydrogens is 278 g/mol. The lowest BCUT2D eigenvalue weighted by Crippen LogP contribution is -2.04. The zero-order chi connectivity index (χ0) is 14.1. The lowest BCUT2D eigenvalue weighted by atomic mass is 9.89. The van der Waals surface area contributed by atoms with Crippen LogP contribution < -0.4 is 0 Å². The molecule has 0 aliphatic carbocycles. The highest BCUT2D eigenvalue weighted by Crippen LogP contribution is 2.35. The molecule has 3 nitrogen and oxygen atoms in total. The minimum absolute atomic E-state index is 0.136. The summed E-state index contributed by atoms with van der Waals surface area (Å²) in [5.74, 6) is 0.136. The third-order valence-corrected chi connectivity index (χ3v) is 4.38. The standard InChI is InChI=1S/C17H13N3S/c1-3-12-4-2-7-19-17(12)14(5-1)16(13-6-8-21-10-13)15-9-18-11-20-15/h1-11,16H,(H,18,20). The Morgan fingerprint density at radius 2 is 2.05 bits per heavy atom. The second-order valence-corrected chi connectivity index (χ2v) is 5.70. The largest absolute Gasteiger partial charge is 0.348 e. The van der Waals surface area contributed by atoms with Crippen molar-refractivity contribution in [1.29, 1.82) is 0 Å². The van der Waals surface area contributed by atoms with Gasteiger partial charge in [-0.15, -0.1) is 0 Å². The van der Waals surface area contributed by atoms with Gasteiger partial charge in [0.05, 0.1) is 17.8 Å². The molecule has 21 heavy (non-hydrogen) atoms. The third kappa shape index (κ3) is 2.14. The molecule has 0 aliphatic heterocycles. The average molecular weight is 291 g/mol. The molecule has 1 atom stereocenters. The van der Waals surface area contributed by atoms with Crippen LogP contribution in [-0.4, -0.2) is 15.0 Å². The molecule has 0 saturated heterocycles. The van der Waals surface area contributed by atoms with E-state index in [1.807, 2.05) is 18.5 Å². The Hall–Kier alpha value is -2.46. The van der Waals surface area contributed by atoms with Crippen LogP contribution in [0.5, 0.6) is 0 Å². The van der Waals surface area contributed by atoms with E-state index < -0.39 is 0 Å². The van der Waals surface area contributed by atoms with Crippen LogP contribution in [0.2, 0.25) is 0 Å². The molecule has 0 fully saturated rings. The van der Waals surface area contributed by atoms with Crippen molar-refractivity contribution in [2.75, 3.05) is 0 Å². The van der Waals surface area contributed by atoms with Gasteiger partial charge in [-0.1, -0.05) is 24.3 Å². The van der Waals surface area contributed by atoms with Gasteiger partial charge in [0.1, 0.15) is 0 Å². The average Bonchev–Trinajstić information content (AvgIpc) is 3.22. The molecule has 0 bridgehead atoms. The van der Waals surface area contributed by atoms with Gasteiger partial charge < -0.3 is 4.98 Å². The number of hydrogen-bond donors (Lipinski definition) is 1. The van der Waals surface area contributed by atoms with Crippen molar-refractivity contribution in [3.63, 3.8) is 0 Å². The summed E-state index contributed by atoms with van der Waals surface area (Å²) in [4.78, 5) is 12.0. The predicted octanol–water partition coefficient (Wildman–Crippen LogP) is 4.20. The topological polar surface area (TPSA) is 41.6 Å². The van der Waals surface area contributed by atoms with E-state index in [2.05, 4.69) is 56.0 Å². The van der Waals surface area contributed by atoms with Gasteiger partial charge >= 0.3 is 0 Å². The van der Waals surface area contributed by atoms with Crippen molar-refractivity contribution in [1.82, 2.24) is 15.0 Å². The first-order valence-electron chi connectivity index (χ1n) is 6.77. The van der Waals surface area contributed by atoms with Crippen molar-refractivity contribution in [3.8, 4) is 0 Å². The van der Waals surface area contributed by atoms with Crippen LogP contribution in [0.4, 0.5) is 0 Å². The van der Waals surface area contributed by atoms with Gasteiger partial charge in [0.25, 0.3) is 0 Å². The van der Waals surface area contributed by atoms with Crippen molar-refractivity contribution < 1.29 is 0 Å². The number of aromatic amines is 1. The van der Waals surface area contributed by atoms with Crippen molar-refractivity contribution in [2.45, 2.75) is 5.92 Å². The number of hydrogen-bond acceptors (Lipinski definition) is 3. The first-order valence-corrected chi connectivity index (χ1v) is 7.72. The van der Waals surface area contributed by atoms with Crippen LogP contribution in [0.25, 0.3) is 10.9 Å². The number of rotatable bonds is 3. The second-order valence-electron chi connectivity index (χ2n) is 4.92. The maximum absolute atomic E-state index is 4.59. The summed E-state index contributed by atoms with van der Waals surface area (Å²) in [6.07, 6.45) is 5.47. The highest BCUT2D eigenvalue weighted by atomic mass is 32.1. The lowest BCUT2D eigenvalue weighted by Gasteiger charge is -2.16. The molecule has 1 unspecified atom stereocenters. The number of aromatic nitrogens is 3. The number of benzene rings is 1. The fourth-order valence-corrected chi connectivity index (χ4v) is 3.44. The van der Waals surface area contributed by atoms with E-state index in [0.717, 1.165) is 16.6 Å². The van der Waals surface area contributed by atoms with E-state index in [0.29, 0.717) is 0 Å². The highest BCUT2D eigenvalue weighted by Gasteiger charge is 2.21. The quantitative estimate of drug-likeness (QED) is 0.614. The first kappa shape index (κ1) is 12.3. The van der Waals surface area contributed by atoms with Crippen LogP contribution in [0.3, 0.4) is 0 Å². The van der Waals surface area contributed by atoms with Gasteiger partial charge in [0, 0.05) is 23.5 Å². The number of nitrogens with one attached hydrogen (secondary N) is 1. The molecule has 0 spiro atoms. The Balaban J connectivity index is 1.98. The second kappa shape index (κ2) is 5.14. The number of H-pyrrole nitrogens is 1. The number of thiophene rings is 1. The molecule has 1 N–H and O–H groups in total. The Bertz CT molecular complexity index is 811. The molecular formula is C17H13N3S. The van der Waals surface area contributed by atoms with E-state index in [-0.39, 0.29) is 5.92 Å². The molecule has 1 aromatic carbocycles. The van der Waals surface area contributed by atoms with Gasteiger partial charge in [0.2, 0.25) is 0 Å². The Morgan fingerprint density at radius 1 is 1.10 bits per heavy atom. The highest BCUT2D eigenvalue weighted by molar-refractivity contribution is 7.08. The number of para-hydroxylation sites is 1. The summed E-state index contributed by atoms with van der Waals surface area (Å²) in [7, 11) is 0. The molecule has 4 heteroatoms. The Morgan fingerprint density at radius 3 is 2.86 bits per heavy atom. The predicted molar refractivity (Wildman–Crippen MR) is 85.6 cm³/mol. The van der Waals surface area contributed by atoms with Crippen LogP contribution in [-0.2, 0) is 0 Å². The summed E-state index contributed by atoms with van der Waals surface area (Å²) in [5.41, 5.74) is 4.61. The van der Waals surface area contributed by atoms with Crippen LogP contribution in [0.15, 0.2) is 65.9 Å². The van der Waals surface area contributed by atoms with Crippen molar-refractivity contribution >= 4 is 22.2 Å². The molecule has 4 aromatic rings. The summed E-state index contributed by atoms with van der Waals surface area (Å²) in [5, 5.41) is 5.46. The Labute approximate surface area is 126 Å². The van der Waals surface area contributed by atoms with Crippen LogP contribution >= 0.6 is 11.3 Å². The van der Waals surface area contributed by atoms with E-state index in [1.165, 1.54) is 11.1 Å². The number of pyridine rings is 1. The molecule has 0 aliphatic rings. The minimum atomic E-state index is 0.136. The fraction of sp³-hybridized carbons (Fsp3) is 0.0588. The molecule has 0 radical (unpaired) electrons. The SMILES string of the molecule is c1cnc2c(C(c3ccsc3)c3cnc[nH]3)cccc2c1. The first-order chi connectivity index (χ1) is 10.4. The summed E-state index contributed by atoms with van der Waals surface area (Å²) in [6, 6.07) is 12.6. The molecule has 3 aromatic heterocycles. The maximum Gasteiger partial charge on any atom is 0.0922 e. The smallest absolute Gasteiger partial charge is 0.0922 e. The molecule has 4 rings (SSSR count). The van der Waals surface area contributed by atoms with Crippen LogP contribution in [0, 0.1) is 0 Å². The van der Waals surface area contributed by atoms with E-state index >= 15 is 0 Å². The number of nitrogens with zero attached hydrogens (tertiary/aromatic N) is 2. The van der Waals surface area contributed by atoms with E-state index in [1.54, 1.807) is 17.7 Å². The van der Waals surface area contributed by atoms with Crippen LogP contribution in [0.1, 0.15) is 22.7 Å². The van der Waals surface area contributed by atoms with Gasteiger partial charge in [0.15, 0.2) is 0 Å². The summed E-state index contributed by atoms with van der Waals surface area (Å²) < 4.78 is 0. The van der Waals surface area contributed by atoms with E-state index in [9.17, 15) is 0 Å². The zero-order valence-corrected chi connectivity index (χ0v) is 12.0. The van der Waals surface area contributed by atoms with Gasteiger partial charge in [-0.3, -0.25) is 4.98 Å². The van der Waals surface area contributed by atoms with Crippen molar-refractivity contribution in [2.24, 2.45) is 0 Å². The summed E-state index contributed by atoms with van der Waals surface area (Å²) >= 11 is 1.71. The molecule has 102 valence electrons. The fourth-order valence-electron chi connectivity index (χ4n) is 2.75. The van der Waals surface area contributed by atoms with Gasteiger partial charge in [-0.2, -0.15) is 11.3 Å². The lowest BCUT2D eigenvalue weighted by molar-refractivity contribution is 0.944. The maximum atomic E-state index is 4.59. The Kier molecular flexibility index (Phi) is 3.01. The number of imidazole rings is 1. The zero-order valence-electron chi connectivity index (χ0n) is 11.2. The van der Waals surface area contributed by atoms with Crippen molar-refractivity contribution in [3.05, 3.63) is 82.7 Å². The monoisotopic (exact) mass is 291 g/mol. The van der Waals surface area contributed by atoms with E-state index in [4.69, 9.17) is 0 Å². The third-order valence-electron chi connectivity index (χ3n) is 3.68. The van der Waals surface area contributed by atoms with Gasteiger partial charge in [-0.25, -0.2) is 4.98 Å². The molecule has 3 heterocycles. The minimum Gasteiger partial charge on any atom is -0.348 e. The summed E-state index contributed by atoms with van der Waals surface area (Å²) in [6.45, 7) is 0.